The normalized spacial score (nSPS) is 11.1. The summed E-state index contributed by atoms with van der Waals surface area (Å²) in [5, 5.41) is 1.22. The zero-order chi connectivity index (χ0) is 18.6. The van der Waals surface area contributed by atoms with Gasteiger partial charge in [0.25, 0.3) is 0 Å². The van der Waals surface area contributed by atoms with E-state index in [0.29, 0.717) is 5.56 Å². The highest BCUT2D eigenvalue weighted by Crippen LogP contribution is 2.24. The molecule has 0 amide bonds. The molecule has 1 heterocycles. The molecule has 0 fully saturated rings. The Morgan fingerprint density at radius 1 is 0.852 bits per heavy atom. The molecule has 0 N–H and O–H groups in total. The van der Waals surface area contributed by atoms with Crippen molar-refractivity contribution in [2.24, 2.45) is 0 Å². The number of nitrogens with zero attached hydrogens (tertiary/aromatic N) is 1. The van der Waals surface area contributed by atoms with Gasteiger partial charge in [-0.15, -0.1) is 0 Å². The van der Waals surface area contributed by atoms with Crippen molar-refractivity contribution < 1.29 is 9.53 Å². The van der Waals surface area contributed by atoms with Crippen molar-refractivity contribution >= 4 is 29.0 Å². The minimum Gasteiger partial charge on any atom is -0.465 e. The molecule has 0 saturated heterocycles. The fourth-order valence-corrected chi connectivity index (χ4v) is 3.18. The van der Waals surface area contributed by atoms with Gasteiger partial charge in [0.05, 0.1) is 23.9 Å². The number of rotatable bonds is 4. The Morgan fingerprint density at radius 3 is 2.41 bits per heavy atom. The first kappa shape index (κ1) is 16.9. The fraction of sp³-hybridized carbons (Fsp3) is 0.0417. The predicted molar refractivity (Wildman–Crippen MR) is 110 cm³/mol. The minimum atomic E-state index is -0.324. The molecule has 0 aliphatic rings. The largest absolute Gasteiger partial charge is 0.465 e. The summed E-state index contributed by atoms with van der Waals surface area (Å²) in [6.45, 7) is 0. The number of methoxy groups -OCH3 is 1. The number of ether oxygens (including phenoxy) is 1. The van der Waals surface area contributed by atoms with E-state index in [-0.39, 0.29) is 5.97 Å². The third kappa shape index (κ3) is 3.40. The molecule has 0 unspecified atom stereocenters. The molecule has 0 aliphatic heterocycles. The third-order valence-corrected chi connectivity index (χ3v) is 4.58. The molecule has 132 valence electrons. The molecule has 0 saturated carbocycles. The molecule has 0 radical (unpaired) electrons. The molecule has 3 heteroatoms. The average Bonchev–Trinajstić information content (AvgIpc) is 3.16. The summed E-state index contributed by atoms with van der Waals surface area (Å²) in [4.78, 5) is 11.5. The number of esters is 1. The van der Waals surface area contributed by atoms with E-state index in [4.69, 9.17) is 4.74 Å². The van der Waals surface area contributed by atoms with Crippen LogP contribution in [0.4, 0.5) is 0 Å². The van der Waals surface area contributed by atoms with Gasteiger partial charge in [-0.3, -0.25) is 0 Å². The third-order valence-electron chi connectivity index (χ3n) is 4.58. The first-order chi connectivity index (χ1) is 13.3. The Labute approximate surface area is 158 Å². The van der Waals surface area contributed by atoms with Gasteiger partial charge >= 0.3 is 5.97 Å². The van der Waals surface area contributed by atoms with Gasteiger partial charge in [-0.1, -0.05) is 60.7 Å². The first-order valence-electron chi connectivity index (χ1n) is 8.78. The highest BCUT2D eigenvalue weighted by molar-refractivity contribution is 5.89. The molecule has 0 bridgehead atoms. The number of para-hydroxylation sites is 2. The van der Waals surface area contributed by atoms with Crippen molar-refractivity contribution in [2.45, 2.75) is 0 Å². The SMILES string of the molecule is COC(=O)c1ccc(C=Cc2ccccc2-n2ccc3ccccc32)cc1. The second-order valence-corrected chi connectivity index (χ2v) is 6.25. The molecule has 3 aromatic carbocycles. The minimum absolute atomic E-state index is 0.324. The Balaban J connectivity index is 1.67. The smallest absolute Gasteiger partial charge is 0.337 e. The second kappa shape index (κ2) is 7.34. The maximum Gasteiger partial charge on any atom is 0.337 e. The van der Waals surface area contributed by atoms with E-state index < -0.39 is 0 Å². The van der Waals surface area contributed by atoms with Crippen LogP contribution in [0.2, 0.25) is 0 Å². The monoisotopic (exact) mass is 353 g/mol. The number of fused-ring (bicyclic) bond motifs is 1. The summed E-state index contributed by atoms with van der Waals surface area (Å²) in [6.07, 6.45) is 6.24. The van der Waals surface area contributed by atoms with Crippen LogP contribution in [-0.2, 0) is 4.74 Å². The van der Waals surface area contributed by atoms with Crippen LogP contribution in [0, 0.1) is 0 Å². The maximum absolute atomic E-state index is 11.5. The molecular weight excluding hydrogens is 334 g/mol. The summed E-state index contributed by atoms with van der Waals surface area (Å²) >= 11 is 0. The number of aromatic nitrogens is 1. The second-order valence-electron chi connectivity index (χ2n) is 6.25. The van der Waals surface area contributed by atoms with Crippen LogP contribution in [0.25, 0.3) is 28.7 Å². The van der Waals surface area contributed by atoms with Crippen LogP contribution in [-0.4, -0.2) is 17.6 Å². The number of hydrogen-bond donors (Lipinski definition) is 0. The van der Waals surface area contributed by atoms with Crippen LogP contribution in [0.15, 0.2) is 85.1 Å². The molecular formula is C24H19NO2. The van der Waals surface area contributed by atoms with Crippen molar-refractivity contribution in [1.29, 1.82) is 0 Å². The molecule has 1 aromatic heterocycles. The van der Waals surface area contributed by atoms with Gasteiger partial charge in [-0.2, -0.15) is 0 Å². The van der Waals surface area contributed by atoms with Crippen molar-refractivity contribution in [3.05, 3.63) is 102 Å². The molecule has 4 aromatic rings. The van der Waals surface area contributed by atoms with E-state index in [1.165, 1.54) is 18.0 Å². The standard InChI is InChI=1S/C24H19NO2/c1-27-24(26)21-14-11-18(12-15-21)10-13-19-6-2-4-8-22(19)25-17-16-20-7-3-5-9-23(20)25/h2-17H,1H3. The molecule has 0 atom stereocenters. The summed E-state index contributed by atoms with van der Waals surface area (Å²) < 4.78 is 6.94. The van der Waals surface area contributed by atoms with E-state index in [1.54, 1.807) is 12.1 Å². The molecule has 4 rings (SSSR count). The highest BCUT2D eigenvalue weighted by Gasteiger charge is 2.06. The Kier molecular flexibility index (Phi) is 4.58. The summed E-state index contributed by atoms with van der Waals surface area (Å²) in [5.74, 6) is -0.324. The van der Waals surface area contributed by atoms with E-state index in [1.807, 2.05) is 30.3 Å². The molecule has 0 aliphatic carbocycles. The lowest BCUT2D eigenvalue weighted by Gasteiger charge is -2.09. The van der Waals surface area contributed by atoms with Crippen LogP contribution in [0.1, 0.15) is 21.5 Å². The van der Waals surface area contributed by atoms with Gasteiger partial charge in [0, 0.05) is 6.20 Å². The predicted octanol–water partition coefficient (Wildman–Crippen LogP) is 5.59. The van der Waals surface area contributed by atoms with Crippen LogP contribution in [0.5, 0.6) is 0 Å². The molecule has 27 heavy (non-hydrogen) atoms. The van der Waals surface area contributed by atoms with Gasteiger partial charge in [0.1, 0.15) is 0 Å². The Morgan fingerprint density at radius 2 is 1.59 bits per heavy atom. The zero-order valence-corrected chi connectivity index (χ0v) is 15.0. The van der Waals surface area contributed by atoms with Crippen molar-refractivity contribution in [3.8, 4) is 5.69 Å². The van der Waals surface area contributed by atoms with Crippen molar-refractivity contribution in [1.82, 2.24) is 4.57 Å². The highest BCUT2D eigenvalue weighted by atomic mass is 16.5. The lowest BCUT2D eigenvalue weighted by Crippen LogP contribution is -2.00. The van der Waals surface area contributed by atoms with Gasteiger partial charge in [0.2, 0.25) is 0 Å². The first-order valence-corrected chi connectivity index (χ1v) is 8.78. The van der Waals surface area contributed by atoms with E-state index in [2.05, 4.69) is 59.3 Å². The van der Waals surface area contributed by atoms with Crippen LogP contribution >= 0.6 is 0 Å². The average molecular weight is 353 g/mol. The van der Waals surface area contributed by atoms with Gasteiger partial charge < -0.3 is 9.30 Å². The fourth-order valence-electron chi connectivity index (χ4n) is 3.18. The van der Waals surface area contributed by atoms with Crippen molar-refractivity contribution in [3.63, 3.8) is 0 Å². The Bertz CT molecular complexity index is 1120. The molecule has 3 nitrogen and oxygen atoms in total. The van der Waals surface area contributed by atoms with Crippen LogP contribution in [0.3, 0.4) is 0 Å². The summed E-state index contributed by atoms with van der Waals surface area (Å²) in [5.41, 5.74) is 5.00. The maximum atomic E-state index is 11.5. The van der Waals surface area contributed by atoms with E-state index >= 15 is 0 Å². The zero-order valence-electron chi connectivity index (χ0n) is 15.0. The van der Waals surface area contributed by atoms with Gasteiger partial charge in [0.15, 0.2) is 0 Å². The van der Waals surface area contributed by atoms with Crippen LogP contribution < -0.4 is 0 Å². The lowest BCUT2D eigenvalue weighted by molar-refractivity contribution is 0.0600. The summed E-state index contributed by atoms with van der Waals surface area (Å²) in [6, 6.07) is 26.2. The number of carbonyl (C=O) groups is 1. The quantitative estimate of drug-likeness (QED) is 0.354. The van der Waals surface area contributed by atoms with E-state index in [9.17, 15) is 4.79 Å². The summed E-state index contributed by atoms with van der Waals surface area (Å²) in [7, 11) is 1.39. The topological polar surface area (TPSA) is 31.2 Å². The number of benzene rings is 3. The lowest BCUT2D eigenvalue weighted by atomic mass is 10.1. The number of hydrogen-bond acceptors (Lipinski definition) is 2. The van der Waals surface area contributed by atoms with E-state index in [0.717, 1.165) is 16.8 Å². The Hall–Kier alpha value is -3.59. The van der Waals surface area contributed by atoms with Crippen molar-refractivity contribution in [2.75, 3.05) is 7.11 Å². The van der Waals surface area contributed by atoms with Gasteiger partial charge in [-0.05, 0) is 46.8 Å². The number of carbonyl (C=O) groups excluding carboxylic acids is 1. The van der Waals surface area contributed by atoms with Gasteiger partial charge in [-0.25, -0.2) is 4.79 Å². The molecule has 0 spiro atoms.